The number of nitrogens with one attached hydrogen (secondary N) is 1. The van der Waals surface area contributed by atoms with E-state index in [1.165, 1.54) is 0 Å². The first-order valence-corrected chi connectivity index (χ1v) is 7.17. The maximum atomic E-state index is 11.8. The predicted molar refractivity (Wildman–Crippen MR) is 79.6 cm³/mol. The van der Waals surface area contributed by atoms with Crippen LogP contribution in [0.3, 0.4) is 0 Å². The Hall–Kier alpha value is -1.23. The van der Waals surface area contributed by atoms with Crippen molar-refractivity contribution in [2.45, 2.75) is 32.7 Å². The van der Waals surface area contributed by atoms with Crippen molar-refractivity contribution in [1.82, 2.24) is 0 Å². The molecular weight excluding hydrogens is 310 g/mol. The lowest BCUT2D eigenvalue weighted by Gasteiger charge is -2.18. The molecule has 0 heterocycles. The number of esters is 1. The van der Waals surface area contributed by atoms with Crippen molar-refractivity contribution < 1.29 is 14.3 Å². The van der Waals surface area contributed by atoms with Crippen LogP contribution in [0.25, 0.3) is 0 Å². The summed E-state index contributed by atoms with van der Waals surface area (Å²) in [6, 6.07) is 5.30. The van der Waals surface area contributed by atoms with Gasteiger partial charge in [-0.05, 0) is 25.5 Å². The van der Waals surface area contributed by atoms with Crippen molar-refractivity contribution in [1.29, 1.82) is 0 Å². The van der Waals surface area contributed by atoms with Gasteiger partial charge in [0.05, 0.1) is 13.7 Å². The number of hydrogen-bond acceptors (Lipinski definition) is 4. The van der Waals surface area contributed by atoms with Crippen LogP contribution in [0.4, 0.5) is 5.69 Å². The molecule has 5 heteroatoms. The number of anilines is 1. The molecule has 1 aromatic carbocycles. The Morgan fingerprint density at radius 1 is 1.37 bits per heavy atom. The van der Waals surface area contributed by atoms with Gasteiger partial charge in [0, 0.05) is 16.2 Å². The van der Waals surface area contributed by atoms with Crippen molar-refractivity contribution in [3.8, 4) is 5.75 Å². The molecular formula is C14H20BrNO3. The highest BCUT2D eigenvalue weighted by Gasteiger charge is 2.18. The highest BCUT2D eigenvalue weighted by atomic mass is 79.9. The zero-order chi connectivity index (χ0) is 14.3. The quantitative estimate of drug-likeness (QED) is 0.776. The first-order chi connectivity index (χ1) is 9.10. The van der Waals surface area contributed by atoms with Gasteiger partial charge in [-0.3, -0.25) is 0 Å². The molecule has 0 fully saturated rings. The van der Waals surface area contributed by atoms with Crippen molar-refractivity contribution in [2.24, 2.45) is 0 Å². The number of methoxy groups -OCH3 is 1. The van der Waals surface area contributed by atoms with E-state index in [0.717, 1.165) is 28.8 Å². The Morgan fingerprint density at radius 2 is 2.11 bits per heavy atom. The number of halogens is 1. The average Bonchev–Trinajstić information content (AvgIpc) is 2.37. The highest BCUT2D eigenvalue weighted by Crippen LogP contribution is 2.25. The summed E-state index contributed by atoms with van der Waals surface area (Å²) in [5.74, 6) is 0.513. The standard InChI is InChI=1S/C14H20BrNO3/c1-4-6-13(14(17)19-5-2)16-11-7-10(15)8-12(9-11)18-3/h7-9,13,16H,4-6H2,1-3H3. The molecule has 1 aromatic rings. The molecule has 1 N–H and O–H groups in total. The molecule has 0 amide bonds. The van der Waals surface area contributed by atoms with Crippen molar-refractivity contribution in [2.75, 3.05) is 19.0 Å². The fourth-order valence-corrected chi connectivity index (χ4v) is 2.22. The summed E-state index contributed by atoms with van der Waals surface area (Å²) in [4.78, 5) is 11.8. The number of carbonyl (C=O) groups is 1. The first-order valence-electron chi connectivity index (χ1n) is 6.38. The van der Waals surface area contributed by atoms with Gasteiger partial charge in [-0.15, -0.1) is 0 Å². The van der Waals surface area contributed by atoms with E-state index < -0.39 is 0 Å². The molecule has 1 rings (SSSR count). The van der Waals surface area contributed by atoms with Gasteiger partial charge in [-0.25, -0.2) is 4.79 Å². The minimum Gasteiger partial charge on any atom is -0.497 e. The lowest BCUT2D eigenvalue weighted by Crippen LogP contribution is -2.31. The van der Waals surface area contributed by atoms with E-state index in [1.807, 2.05) is 32.0 Å². The second-order valence-corrected chi connectivity index (χ2v) is 5.03. The van der Waals surface area contributed by atoms with Gasteiger partial charge >= 0.3 is 5.97 Å². The summed E-state index contributed by atoms with van der Waals surface area (Å²) in [5.41, 5.74) is 0.831. The van der Waals surface area contributed by atoms with Crippen LogP contribution in [-0.4, -0.2) is 25.7 Å². The van der Waals surface area contributed by atoms with Crippen LogP contribution in [0.1, 0.15) is 26.7 Å². The van der Waals surface area contributed by atoms with E-state index >= 15 is 0 Å². The van der Waals surface area contributed by atoms with Gasteiger partial charge in [0.1, 0.15) is 11.8 Å². The molecule has 0 aliphatic carbocycles. The minimum atomic E-state index is -0.330. The summed E-state index contributed by atoms with van der Waals surface area (Å²) in [5, 5.41) is 3.20. The fourth-order valence-electron chi connectivity index (χ4n) is 1.75. The monoisotopic (exact) mass is 329 g/mol. The third-order valence-corrected chi connectivity index (χ3v) is 3.05. The van der Waals surface area contributed by atoms with E-state index in [0.29, 0.717) is 6.61 Å². The van der Waals surface area contributed by atoms with Crippen LogP contribution >= 0.6 is 15.9 Å². The van der Waals surface area contributed by atoms with Gasteiger partial charge in [0.25, 0.3) is 0 Å². The van der Waals surface area contributed by atoms with E-state index in [9.17, 15) is 4.79 Å². The Bertz CT molecular complexity index is 423. The van der Waals surface area contributed by atoms with E-state index in [1.54, 1.807) is 7.11 Å². The molecule has 1 atom stereocenters. The molecule has 0 bridgehead atoms. The largest absolute Gasteiger partial charge is 0.497 e. The summed E-state index contributed by atoms with van der Waals surface area (Å²) in [6.45, 7) is 4.24. The number of benzene rings is 1. The molecule has 0 saturated carbocycles. The molecule has 1 unspecified atom stereocenters. The van der Waals surface area contributed by atoms with Crippen LogP contribution in [0.15, 0.2) is 22.7 Å². The first kappa shape index (κ1) is 15.8. The van der Waals surface area contributed by atoms with Gasteiger partial charge in [-0.1, -0.05) is 29.3 Å². The van der Waals surface area contributed by atoms with E-state index in [4.69, 9.17) is 9.47 Å². The minimum absolute atomic E-state index is 0.219. The van der Waals surface area contributed by atoms with Crippen molar-refractivity contribution in [3.05, 3.63) is 22.7 Å². The van der Waals surface area contributed by atoms with Crippen LogP contribution in [0, 0.1) is 0 Å². The zero-order valence-corrected chi connectivity index (χ0v) is 13.1. The van der Waals surface area contributed by atoms with Gasteiger partial charge in [-0.2, -0.15) is 0 Å². The SMILES string of the molecule is CCCC(Nc1cc(Br)cc(OC)c1)C(=O)OCC. The lowest BCUT2D eigenvalue weighted by atomic mass is 10.1. The summed E-state index contributed by atoms with van der Waals surface area (Å²) in [7, 11) is 1.61. The molecule has 0 aliphatic heterocycles. The average molecular weight is 330 g/mol. The summed E-state index contributed by atoms with van der Waals surface area (Å²) in [6.07, 6.45) is 1.63. The topological polar surface area (TPSA) is 47.6 Å². The maximum absolute atomic E-state index is 11.8. The normalized spacial score (nSPS) is 11.8. The van der Waals surface area contributed by atoms with Gasteiger partial charge in [0.15, 0.2) is 0 Å². The molecule has 0 aromatic heterocycles. The van der Waals surface area contributed by atoms with E-state index in [-0.39, 0.29) is 12.0 Å². The molecule has 19 heavy (non-hydrogen) atoms. The van der Waals surface area contributed by atoms with Crippen LogP contribution in [0.5, 0.6) is 5.75 Å². The molecule has 4 nitrogen and oxygen atoms in total. The number of rotatable bonds is 7. The predicted octanol–water partition coefficient (Wildman–Crippen LogP) is 3.60. The third kappa shape index (κ3) is 5.11. The summed E-state index contributed by atoms with van der Waals surface area (Å²) < 4.78 is 11.2. The molecule has 0 aliphatic rings. The molecule has 0 saturated heterocycles. The fraction of sp³-hybridized carbons (Fsp3) is 0.500. The maximum Gasteiger partial charge on any atom is 0.328 e. The van der Waals surface area contributed by atoms with Gasteiger partial charge in [0.2, 0.25) is 0 Å². The van der Waals surface area contributed by atoms with Crippen LogP contribution in [-0.2, 0) is 9.53 Å². The highest BCUT2D eigenvalue weighted by molar-refractivity contribution is 9.10. The summed E-state index contributed by atoms with van der Waals surface area (Å²) >= 11 is 3.41. The number of hydrogen-bond donors (Lipinski definition) is 1. The third-order valence-electron chi connectivity index (χ3n) is 2.60. The second-order valence-electron chi connectivity index (χ2n) is 4.12. The van der Waals surface area contributed by atoms with E-state index in [2.05, 4.69) is 21.2 Å². The molecule has 0 radical (unpaired) electrons. The van der Waals surface area contributed by atoms with Crippen molar-refractivity contribution in [3.63, 3.8) is 0 Å². The molecule has 0 spiro atoms. The number of carbonyl (C=O) groups excluding carboxylic acids is 1. The second kappa shape index (κ2) is 8.04. The Morgan fingerprint density at radius 3 is 2.68 bits per heavy atom. The molecule has 106 valence electrons. The van der Waals surface area contributed by atoms with Crippen LogP contribution < -0.4 is 10.1 Å². The van der Waals surface area contributed by atoms with Crippen LogP contribution in [0.2, 0.25) is 0 Å². The Labute approximate surface area is 122 Å². The lowest BCUT2D eigenvalue weighted by molar-refractivity contribution is -0.144. The number of ether oxygens (including phenoxy) is 2. The smallest absolute Gasteiger partial charge is 0.328 e. The van der Waals surface area contributed by atoms with Crippen molar-refractivity contribution >= 4 is 27.6 Å². The van der Waals surface area contributed by atoms with Gasteiger partial charge < -0.3 is 14.8 Å². The zero-order valence-electron chi connectivity index (χ0n) is 11.5. The Balaban J connectivity index is 2.83. The Kier molecular flexibility index (Phi) is 6.70.